The van der Waals surface area contributed by atoms with Crippen LogP contribution in [0.2, 0.25) is 0 Å². The largest absolute Gasteiger partial charge is 0.473 e. The monoisotopic (exact) mass is 389 g/mol. The number of methoxy groups -OCH3 is 1. The first-order valence-electron chi connectivity index (χ1n) is 8.13. The van der Waals surface area contributed by atoms with Gasteiger partial charge < -0.3 is 30.9 Å². The van der Waals surface area contributed by atoms with E-state index in [2.05, 4.69) is 24.1 Å². The summed E-state index contributed by atoms with van der Waals surface area (Å²) < 4.78 is 18.4. The second-order valence-corrected chi connectivity index (χ2v) is 7.11. The van der Waals surface area contributed by atoms with Crippen LogP contribution < -0.4 is 21.1 Å². The average Bonchev–Trinajstić information content (AvgIpc) is 3.05. The van der Waals surface area contributed by atoms with E-state index in [1.165, 1.54) is 7.11 Å². The minimum Gasteiger partial charge on any atom is -0.473 e. The summed E-state index contributed by atoms with van der Waals surface area (Å²) in [4.78, 5) is 22.1. The fraction of sp³-hybridized carbons (Fsp3) is 0.733. The van der Waals surface area contributed by atoms with Gasteiger partial charge in [0.15, 0.2) is 0 Å². The minimum atomic E-state index is -0.798. The number of nitrogens with one attached hydrogen (secondary N) is 2. The second kappa shape index (κ2) is 10.2. The third-order valence-electron chi connectivity index (χ3n) is 3.58. The number of ether oxygens (including phenoxy) is 2. The Labute approximate surface area is 156 Å². The van der Waals surface area contributed by atoms with E-state index in [0.717, 1.165) is 11.7 Å². The molecule has 0 aliphatic carbocycles. The molecular weight excluding hydrogens is 362 g/mol. The molecule has 26 heavy (non-hydrogen) atoms. The van der Waals surface area contributed by atoms with Crippen LogP contribution in [0.1, 0.15) is 38.8 Å². The number of carbonyl (C=O) groups is 2. The number of hydrogen-bond donors (Lipinski definition) is 4. The first kappa shape index (κ1) is 22.1. The Hall–Kier alpha value is -1.98. The van der Waals surface area contributed by atoms with Gasteiger partial charge in [-0.05, 0) is 13.8 Å². The van der Waals surface area contributed by atoms with Crippen molar-refractivity contribution in [1.82, 2.24) is 19.4 Å². The Morgan fingerprint density at radius 3 is 2.69 bits per heavy atom. The lowest BCUT2D eigenvalue weighted by Crippen LogP contribution is -2.52. The predicted octanol–water partition coefficient (Wildman–Crippen LogP) is -0.0191. The van der Waals surface area contributed by atoms with Gasteiger partial charge in [0, 0.05) is 24.5 Å². The Morgan fingerprint density at radius 2 is 2.08 bits per heavy atom. The smallest absolute Gasteiger partial charge is 0.312 e. The summed E-state index contributed by atoms with van der Waals surface area (Å²) in [5.41, 5.74) is 5.16. The van der Waals surface area contributed by atoms with Gasteiger partial charge in [0.05, 0.1) is 25.3 Å². The first-order chi connectivity index (χ1) is 12.1. The van der Waals surface area contributed by atoms with Gasteiger partial charge in [0.1, 0.15) is 18.4 Å². The molecule has 1 aromatic rings. The molecule has 0 aliphatic rings. The number of aliphatic hydroxyl groups is 1. The van der Waals surface area contributed by atoms with Gasteiger partial charge in [-0.3, -0.25) is 4.79 Å². The lowest BCUT2D eigenvalue weighted by molar-refractivity contribution is -0.141. The van der Waals surface area contributed by atoms with Crippen molar-refractivity contribution in [3.05, 3.63) is 5.69 Å². The van der Waals surface area contributed by atoms with Gasteiger partial charge in [0.25, 0.3) is 0 Å². The third-order valence-corrected chi connectivity index (χ3v) is 4.11. The molecule has 1 heterocycles. The van der Waals surface area contributed by atoms with E-state index >= 15 is 0 Å². The van der Waals surface area contributed by atoms with Crippen LogP contribution >= 0.6 is 11.7 Å². The molecule has 0 saturated heterocycles. The SMILES string of the molecule is COC(=O)CC(C)c1nsnc1OCC(O)CNC(C)(C)CNC(N)=O. The number of aromatic nitrogens is 2. The Kier molecular flexibility index (Phi) is 8.69. The number of β-amino-alcohol motifs (C(OH)–C–C–N with tert-alkyl or cyclic N) is 1. The van der Waals surface area contributed by atoms with Crippen LogP contribution in [0.25, 0.3) is 0 Å². The summed E-state index contributed by atoms with van der Waals surface area (Å²) >= 11 is 0.981. The third kappa shape index (κ3) is 7.93. The number of nitrogens with two attached hydrogens (primary N) is 1. The standard InChI is InChI=1S/C15H27N5O5S/c1-9(5-11(22)24-4)12-13(20-26-19-12)25-7-10(21)6-18-15(2,3)8-17-14(16)23/h9-10,18,21H,5-8H2,1-4H3,(H3,16,17,23). The fourth-order valence-corrected chi connectivity index (χ4v) is 2.62. The normalized spacial score (nSPS) is 13.7. The maximum Gasteiger partial charge on any atom is 0.312 e. The van der Waals surface area contributed by atoms with Gasteiger partial charge in [-0.25, -0.2) is 4.79 Å². The first-order valence-corrected chi connectivity index (χ1v) is 8.86. The van der Waals surface area contributed by atoms with Crippen LogP contribution in [0.4, 0.5) is 4.79 Å². The number of esters is 1. The lowest BCUT2D eigenvalue weighted by atomic mass is 10.0. The van der Waals surface area contributed by atoms with Gasteiger partial charge >= 0.3 is 12.0 Å². The van der Waals surface area contributed by atoms with Crippen molar-refractivity contribution in [2.45, 2.75) is 44.8 Å². The van der Waals surface area contributed by atoms with Gasteiger partial charge in [-0.15, -0.1) is 4.37 Å². The van der Waals surface area contributed by atoms with Gasteiger partial charge in [0.2, 0.25) is 5.88 Å². The van der Waals surface area contributed by atoms with Gasteiger partial charge in [-0.2, -0.15) is 4.37 Å². The zero-order chi connectivity index (χ0) is 19.7. The topological polar surface area (TPSA) is 149 Å². The Balaban J connectivity index is 2.46. The number of hydrogen-bond acceptors (Lipinski definition) is 9. The highest BCUT2D eigenvalue weighted by Crippen LogP contribution is 2.27. The Morgan fingerprint density at radius 1 is 1.38 bits per heavy atom. The summed E-state index contributed by atoms with van der Waals surface area (Å²) in [7, 11) is 1.33. The molecule has 0 fully saturated rings. The molecule has 1 aromatic heterocycles. The van der Waals surface area contributed by atoms with Gasteiger partial charge in [-0.1, -0.05) is 6.92 Å². The van der Waals surface area contributed by atoms with E-state index in [-0.39, 0.29) is 31.5 Å². The highest BCUT2D eigenvalue weighted by molar-refractivity contribution is 6.99. The molecule has 1 rings (SSSR count). The van der Waals surface area contributed by atoms with Crippen LogP contribution in [-0.2, 0) is 9.53 Å². The zero-order valence-electron chi connectivity index (χ0n) is 15.4. The lowest BCUT2D eigenvalue weighted by Gasteiger charge is -2.27. The quantitative estimate of drug-likeness (QED) is 0.386. The summed E-state index contributed by atoms with van der Waals surface area (Å²) in [6, 6.07) is -0.603. The molecular formula is C15H27N5O5S. The summed E-state index contributed by atoms with van der Waals surface area (Å²) in [5, 5.41) is 15.7. The highest BCUT2D eigenvalue weighted by Gasteiger charge is 2.22. The molecule has 2 amide bonds. The molecule has 0 bridgehead atoms. The maximum absolute atomic E-state index is 11.4. The summed E-state index contributed by atoms with van der Waals surface area (Å²) in [6.45, 7) is 6.14. The van der Waals surface area contributed by atoms with Crippen LogP contribution in [-0.4, -0.2) is 64.3 Å². The average molecular weight is 389 g/mol. The number of rotatable bonds is 11. The second-order valence-electron chi connectivity index (χ2n) is 6.58. The van der Waals surface area contributed by atoms with Crippen LogP contribution in [0, 0.1) is 0 Å². The zero-order valence-corrected chi connectivity index (χ0v) is 16.3. The van der Waals surface area contributed by atoms with E-state index < -0.39 is 17.7 Å². The Bertz CT molecular complexity index is 595. The highest BCUT2D eigenvalue weighted by atomic mass is 32.1. The van der Waals surface area contributed by atoms with E-state index in [1.807, 2.05) is 20.8 Å². The molecule has 0 radical (unpaired) electrons. The molecule has 2 atom stereocenters. The van der Waals surface area contributed by atoms with E-state index in [4.69, 9.17) is 10.5 Å². The van der Waals surface area contributed by atoms with Crippen LogP contribution in [0.3, 0.4) is 0 Å². The number of nitrogens with zero attached hydrogens (tertiary/aromatic N) is 2. The van der Waals surface area contributed by atoms with Crippen molar-refractivity contribution in [1.29, 1.82) is 0 Å². The number of carbonyl (C=O) groups excluding carboxylic acids is 2. The molecule has 148 valence electrons. The minimum absolute atomic E-state index is 0.00961. The predicted molar refractivity (Wildman–Crippen MR) is 96.1 cm³/mol. The molecule has 2 unspecified atom stereocenters. The van der Waals surface area contributed by atoms with Crippen molar-refractivity contribution in [3.8, 4) is 5.88 Å². The molecule has 0 spiro atoms. The summed E-state index contributed by atoms with van der Waals surface area (Å²) in [6.07, 6.45) is -0.628. The number of primary amides is 1. The van der Waals surface area contributed by atoms with Crippen molar-refractivity contribution >= 4 is 23.7 Å². The van der Waals surface area contributed by atoms with Crippen molar-refractivity contribution in [2.75, 3.05) is 26.8 Å². The van der Waals surface area contributed by atoms with E-state index in [0.29, 0.717) is 18.1 Å². The molecule has 0 saturated carbocycles. The van der Waals surface area contributed by atoms with E-state index in [1.54, 1.807) is 0 Å². The molecule has 0 aromatic carbocycles. The fourth-order valence-electron chi connectivity index (χ4n) is 2.02. The number of aliphatic hydroxyl groups excluding tert-OH is 1. The molecule has 0 aliphatic heterocycles. The molecule has 5 N–H and O–H groups in total. The summed E-state index contributed by atoms with van der Waals surface area (Å²) in [5.74, 6) is -0.238. The van der Waals surface area contributed by atoms with Crippen LogP contribution in [0.5, 0.6) is 5.88 Å². The van der Waals surface area contributed by atoms with E-state index in [9.17, 15) is 14.7 Å². The number of urea groups is 1. The molecule has 11 heteroatoms. The molecule has 10 nitrogen and oxygen atoms in total. The van der Waals surface area contributed by atoms with Crippen molar-refractivity contribution < 1.29 is 24.2 Å². The van der Waals surface area contributed by atoms with Crippen molar-refractivity contribution in [3.63, 3.8) is 0 Å². The van der Waals surface area contributed by atoms with Crippen molar-refractivity contribution in [2.24, 2.45) is 5.73 Å². The number of amides is 2. The maximum atomic E-state index is 11.4. The van der Waals surface area contributed by atoms with Crippen LogP contribution in [0.15, 0.2) is 0 Å².